The maximum atomic E-state index is 12.5. The third kappa shape index (κ3) is 3.29. The summed E-state index contributed by atoms with van der Waals surface area (Å²) in [5.41, 5.74) is 2.43. The number of nitrogens with zero attached hydrogens (tertiary/aromatic N) is 2. The second kappa shape index (κ2) is 6.83. The third-order valence-electron chi connectivity index (χ3n) is 5.10. The van der Waals surface area contributed by atoms with Gasteiger partial charge in [0.25, 0.3) is 0 Å². The molecule has 134 valence electrons. The van der Waals surface area contributed by atoms with Gasteiger partial charge >= 0.3 is 5.97 Å². The topological polar surface area (TPSA) is 51.7 Å². The van der Waals surface area contributed by atoms with Crippen molar-refractivity contribution in [3.05, 3.63) is 65.6 Å². The predicted molar refractivity (Wildman–Crippen MR) is 98.8 cm³/mol. The maximum absolute atomic E-state index is 12.5. The zero-order valence-corrected chi connectivity index (χ0v) is 14.9. The Morgan fingerprint density at radius 2 is 2.12 bits per heavy atom. The van der Waals surface area contributed by atoms with Crippen molar-refractivity contribution in [2.24, 2.45) is 0 Å². The number of benzene rings is 1. The third-order valence-corrected chi connectivity index (χ3v) is 5.10. The lowest BCUT2D eigenvalue weighted by Crippen LogP contribution is -2.42. The molecule has 0 N–H and O–H groups in total. The fourth-order valence-electron chi connectivity index (χ4n) is 3.82. The normalized spacial score (nSPS) is 23.1. The van der Waals surface area contributed by atoms with Crippen LogP contribution in [0, 0.1) is 0 Å². The molecule has 4 rings (SSSR count). The molecule has 3 heterocycles. The number of carbonyl (C=O) groups is 1. The Labute approximate surface area is 153 Å². The first kappa shape index (κ1) is 16.6. The average Bonchev–Trinajstić information content (AvgIpc) is 2.92. The Morgan fingerprint density at radius 1 is 1.27 bits per heavy atom. The van der Waals surface area contributed by atoms with Gasteiger partial charge in [0, 0.05) is 31.1 Å². The molecule has 5 nitrogen and oxygen atoms in total. The van der Waals surface area contributed by atoms with E-state index in [9.17, 15) is 4.79 Å². The first-order valence-corrected chi connectivity index (χ1v) is 8.90. The Balaban J connectivity index is 1.53. The van der Waals surface area contributed by atoms with Gasteiger partial charge in [0.2, 0.25) is 0 Å². The van der Waals surface area contributed by atoms with Gasteiger partial charge in [-0.3, -0.25) is 4.98 Å². The van der Waals surface area contributed by atoms with Gasteiger partial charge in [-0.05, 0) is 48.7 Å². The molecular weight excluding hydrogens is 328 g/mol. The highest BCUT2D eigenvalue weighted by atomic mass is 16.6. The van der Waals surface area contributed by atoms with Gasteiger partial charge < -0.3 is 14.4 Å². The fourth-order valence-corrected chi connectivity index (χ4v) is 3.82. The second-order valence-electron chi connectivity index (χ2n) is 6.92. The molecule has 0 saturated carbocycles. The summed E-state index contributed by atoms with van der Waals surface area (Å²) in [6.45, 7) is 1.77. The highest BCUT2D eigenvalue weighted by Gasteiger charge is 2.46. The van der Waals surface area contributed by atoms with Gasteiger partial charge in [-0.2, -0.15) is 0 Å². The fraction of sp³-hybridized carbons (Fsp3) is 0.333. The highest BCUT2D eigenvalue weighted by Crippen LogP contribution is 2.41. The minimum Gasteiger partial charge on any atom is -0.497 e. The molecule has 1 atom stereocenters. The van der Waals surface area contributed by atoms with E-state index < -0.39 is 5.60 Å². The number of carbonyl (C=O) groups excluding carboxylic acids is 1. The van der Waals surface area contributed by atoms with Crippen molar-refractivity contribution in [3.8, 4) is 5.75 Å². The average molecular weight is 350 g/mol. The van der Waals surface area contributed by atoms with Gasteiger partial charge in [0.1, 0.15) is 11.4 Å². The van der Waals surface area contributed by atoms with E-state index in [1.54, 1.807) is 31.6 Å². The molecule has 0 amide bonds. The number of piperidine rings is 1. The lowest BCUT2D eigenvalue weighted by atomic mass is 9.94. The maximum Gasteiger partial charge on any atom is 0.340 e. The van der Waals surface area contributed by atoms with E-state index in [1.165, 1.54) is 5.70 Å². The summed E-state index contributed by atoms with van der Waals surface area (Å²) in [6, 6.07) is 11.5. The van der Waals surface area contributed by atoms with Crippen LogP contribution in [0.2, 0.25) is 0 Å². The first-order valence-electron chi connectivity index (χ1n) is 8.90. The molecule has 1 aromatic carbocycles. The lowest BCUT2D eigenvalue weighted by Gasteiger charge is -2.33. The molecule has 5 heteroatoms. The number of ether oxygens (including phenoxy) is 2. The molecule has 0 aliphatic carbocycles. The SMILES string of the molecule is COc1ccc(/C=C2\CC3(OC(=O)c4cccnc4)CCCN2C3)cc1. The van der Waals surface area contributed by atoms with Crippen LogP contribution in [-0.2, 0) is 4.74 Å². The van der Waals surface area contributed by atoms with E-state index >= 15 is 0 Å². The number of hydrogen-bond acceptors (Lipinski definition) is 5. The van der Waals surface area contributed by atoms with Gasteiger partial charge in [-0.1, -0.05) is 12.1 Å². The highest BCUT2D eigenvalue weighted by molar-refractivity contribution is 5.89. The van der Waals surface area contributed by atoms with Crippen molar-refractivity contribution in [3.63, 3.8) is 0 Å². The van der Waals surface area contributed by atoms with E-state index in [0.717, 1.165) is 43.7 Å². The Morgan fingerprint density at radius 3 is 2.85 bits per heavy atom. The minimum atomic E-state index is -0.427. The van der Waals surface area contributed by atoms with Crippen molar-refractivity contribution in [1.29, 1.82) is 0 Å². The summed E-state index contributed by atoms with van der Waals surface area (Å²) in [7, 11) is 1.67. The molecule has 2 bridgehead atoms. The van der Waals surface area contributed by atoms with Crippen molar-refractivity contribution in [2.45, 2.75) is 24.9 Å². The van der Waals surface area contributed by atoms with Gasteiger partial charge in [0.15, 0.2) is 0 Å². The quantitative estimate of drug-likeness (QED) is 0.790. The van der Waals surface area contributed by atoms with Crippen LogP contribution in [0.4, 0.5) is 0 Å². The summed E-state index contributed by atoms with van der Waals surface area (Å²) in [6.07, 6.45) is 8.08. The summed E-state index contributed by atoms with van der Waals surface area (Å²) in [4.78, 5) is 18.9. The standard InChI is InChI=1S/C21H22N2O3/c1-25-19-7-5-16(6-8-19)12-18-13-21(9-3-11-23(18)15-21)26-20(24)17-4-2-10-22-14-17/h2,4-8,10,12,14H,3,9,11,13,15H2,1H3/b18-12+. The van der Waals surface area contributed by atoms with Gasteiger partial charge in [-0.15, -0.1) is 0 Å². The molecule has 0 radical (unpaired) electrons. The van der Waals surface area contributed by atoms with E-state index in [-0.39, 0.29) is 5.97 Å². The van der Waals surface area contributed by atoms with Gasteiger partial charge in [-0.25, -0.2) is 4.79 Å². The lowest BCUT2D eigenvalue weighted by molar-refractivity contribution is -0.0270. The zero-order chi connectivity index (χ0) is 18.0. The van der Waals surface area contributed by atoms with Gasteiger partial charge in [0.05, 0.1) is 19.2 Å². The van der Waals surface area contributed by atoms with E-state index in [0.29, 0.717) is 5.56 Å². The van der Waals surface area contributed by atoms with Crippen LogP contribution in [0.5, 0.6) is 5.75 Å². The number of pyridine rings is 1. The van der Waals surface area contributed by atoms with Crippen molar-refractivity contribution >= 4 is 12.0 Å². The zero-order valence-electron chi connectivity index (χ0n) is 14.9. The van der Waals surface area contributed by atoms with Crippen LogP contribution in [0.15, 0.2) is 54.5 Å². The molecule has 2 fully saturated rings. The monoisotopic (exact) mass is 350 g/mol. The largest absolute Gasteiger partial charge is 0.497 e. The Kier molecular flexibility index (Phi) is 4.37. The van der Waals surface area contributed by atoms with Crippen molar-refractivity contribution in [2.75, 3.05) is 20.2 Å². The van der Waals surface area contributed by atoms with Crippen molar-refractivity contribution < 1.29 is 14.3 Å². The number of esters is 1. The summed E-state index contributed by atoms with van der Waals surface area (Å²) in [5, 5.41) is 0. The molecule has 1 unspecified atom stereocenters. The number of rotatable bonds is 4. The van der Waals surface area contributed by atoms with Crippen LogP contribution < -0.4 is 4.74 Å². The number of fused-ring (bicyclic) bond motifs is 2. The first-order chi connectivity index (χ1) is 12.7. The van der Waals surface area contributed by atoms with Crippen LogP contribution >= 0.6 is 0 Å². The van der Waals surface area contributed by atoms with E-state index in [2.05, 4.69) is 16.0 Å². The minimum absolute atomic E-state index is 0.286. The molecule has 2 aliphatic heterocycles. The molecule has 2 saturated heterocycles. The second-order valence-corrected chi connectivity index (χ2v) is 6.92. The smallest absolute Gasteiger partial charge is 0.340 e. The molecular formula is C21H22N2O3. The van der Waals surface area contributed by atoms with E-state index in [4.69, 9.17) is 9.47 Å². The van der Waals surface area contributed by atoms with Crippen LogP contribution in [0.25, 0.3) is 6.08 Å². The summed E-state index contributed by atoms with van der Waals surface area (Å²) in [5.74, 6) is 0.560. The van der Waals surface area contributed by atoms with Crippen LogP contribution in [0.3, 0.4) is 0 Å². The Hall–Kier alpha value is -2.82. The van der Waals surface area contributed by atoms with E-state index in [1.807, 2.05) is 24.3 Å². The van der Waals surface area contributed by atoms with Crippen LogP contribution in [-0.4, -0.2) is 41.7 Å². The summed E-state index contributed by atoms with van der Waals surface area (Å²) >= 11 is 0. The molecule has 1 aromatic heterocycles. The molecule has 2 aliphatic rings. The number of aromatic nitrogens is 1. The summed E-state index contributed by atoms with van der Waals surface area (Å²) < 4.78 is 11.2. The van der Waals surface area contributed by atoms with Crippen LogP contribution in [0.1, 0.15) is 35.2 Å². The predicted octanol–water partition coefficient (Wildman–Crippen LogP) is 3.53. The molecule has 0 spiro atoms. The molecule has 26 heavy (non-hydrogen) atoms. The molecule has 2 aromatic rings. The van der Waals surface area contributed by atoms with Crippen molar-refractivity contribution in [1.82, 2.24) is 9.88 Å². The number of hydrogen-bond donors (Lipinski definition) is 0. The Bertz CT molecular complexity index is 817. The number of methoxy groups -OCH3 is 1.